The summed E-state index contributed by atoms with van der Waals surface area (Å²) < 4.78 is 1.76. The van der Waals surface area contributed by atoms with Gasteiger partial charge in [-0.2, -0.15) is 5.10 Å². The highest BCUT2D eigenvalue weighted by atomic mass is 16.2. The molecule has 120 valence electrons. The van der Waals surface area contributed by atoms with E-state index in [2.05, 4.69) is 5.10 Å². The molecule has 0 radical (unpaired) electrons. The summed E-state index contributed by atoms with van der Waals surface area (Å²) in [5.41, 5.74) is 0. The molecule has 2 aliphatic rings. The van der Waals surface area contributed by atoms with E-state index >= 15 is 0 Å². The summed E-state index contributed by atoms with van der Waals surface area (Å²) in [7, 11) is 0. The standard InChI is InChI=1S/C16H24N4O2/c1-13(11-19-8-4-7-17-19)16(22)18-9-10-20(15(21)12-18)14-5-2-3-6-14/h4,7-8,13-14H,2-3,5-6,9-12H2,1H3/t13-/m0/s1. The number of piperazine rings is 1. The largest absolute Gasteiger partial charge is 0.336 e. The quantitative estimate of drug-likeness (QED) is 0.838. The van der Waals surface area contributed by atoms with E-state index in [9.17, 15) is 9.59 Å². The monoisotopic (exact) mass is 304 g/mol. The molecule has 1 saturated carbocycles. The lowest BCUT2D eigenvalue weighted by molar-refractivity contribution is -0.149. The SMILES string of the molecule is C[C@@H](Cn1cccn1)C(=O)N1CCN(C2CCCC2)C(=O)C1. The van der Waals surface area contributed by atoms with Crippen molar-refractivity contribution in [3.8, 4) is 0 Å². The minimum Gasteiger partial charge on any atom is -0.336 e. The highest BCUT2D eigenvalue weighted by Gasteiger charge is 2.34. The van der Waals surface area contributed by atoms with Crippen LogP contribution in [0.1, 0.15) is 32.6 Å². The lowest BCUT2D eigenvalue weighted by Crippen LogP contribution is -2.55. The second-order valence-electron chi connectivity index (χ2n) is 6.41. The number of hydrogen-bond donors (Lipinski definition) is 0. The van der Waals surface area contributed by atoms with Gasteiger partial charge in [-0.05, 0) is 18.9 Å². The van der Waals surface area contributed by atoms with Crippen LogP contribution in [0.15, 0.2) is 18.5 Å². The zero-order chi connectivity index (χ0) is 15.5. The van der Waals surface area contributed by atoms with E-state index in [0.29, 0.717) is 25.7 Å². The van der Waals surface area contributed by atoms with E-state index in [1.165, 1.54) is 12.8 Å². The Balaban J connectivity index is 1.55. The third-order valence-electron chi connectivity index (χ3n) is 4.78. The smallest absolute Gasteiger partial charge is 0.242 e. The maximum atomic E-state index is 12.5. The van der Waals surface area contributed by atoms with Crippen molar-refractivity contribution >= 4 is 11.8 Å². The molecule has 0 bridgehead atoms. The first-order chi connectivity index (χ1) is 10.6. The van der Waals surface area contributed by atoms with Crippen LogP contribution in [0.25, 0.3) is 0 Å². The average molecular weight is 304 g/mol. The molecule has 2 amide bonds. The first-order valence-electron chi connectivity index (χ1n) is 8.21. The van der Waals surface area contributed by atoms with E-state index in [1.807, 2.05) is 24.1 Å². The molecule has 1 aliphatic carbocycles. The Hall–Kier alpha value is -1.85. The lowest BCUT2D eigenvalue weighted by Gasteiger charge is -2.38. The van der Waals surface area contributed by atoms with Gasteiger partial charge >= 0.3 is 0 Å². The zero-order valence-corrected chi connectivity index (χ0v) is 13.1. The molecule has 0 unspecified atom stereocenters. The molecule has 1 aliphatic heterocycles. The van der Waals surface area contributed by atoms with Crippen molar-refractivity contribution in [2.75, 3.05) is 19.6 Å². The van der Waals surface area contributed by atoms with Crippen molar-refractivity contribution in [1.29, 1.82) is 0 Å². The highest BCUT2D eigenvalue weighted by Crippen LogP contribution is 2.25. The lowest BCUT2D eigenvalue weighted by atomic mass is 10.1. The van der Waals surface area contributed by atoms with Gasteiger partial charge in [0.15, 0.2) is 0 Å². The zero-order valence-electron chi connectivity index (χ0n) is 13.1. The first kappa shape index (κ1) is 15.1. The summed E-state index contributed by atoms with van der Waals surface area (Å²) in [6.07, 6.45) is 8.24. The Kier molecular flexibility index (Phi) is 4.45. The van der Waals surface area contributed by atoms with Gasteiger partial charge in [0, 0.05) is 31.5 Å². The summed E-state index contributed by atoms with van der Waals surface area (Å²) >= 11 is 0. The first-order valence-corrected chi connectivity index (χ1v) is 8.21. The van der Waals surface area contributed by atoms with Crippen LogP contribution in [-0.2, 0) is 16.1 Å². The molecule has 0 spiro atoms. The van der Waals surface area contributed by atoms with E-state index in [1.54, 1.807) is 15.8 Å². The summed E-state index contributed by atoms with van der Waals surface area (Å²) in [6.45, 7) is 4.04. The molecule has 2 fully saturated rings. The number of carbonyl (C=O) groups excluding carboxylic acids is 2. The van der Waals surface area contributed by atoms with Crippen LogP contribution in [0.3, 0.4) is 0 Å². The Morgan fingerprint density at radius 1 is 1.36 bits per heavy atom. The van der Waals surface area contributed by atoms with E-state index < -0.39 is 0 Å². The predicted octanol–water partition coefficient (Wildman–Crippen LogP) is 1.13. The van der Waals surface area contributed by atoms with Crippen LogP contribution in [0.5, 0.6) is 0 Å². The maximum Gasteiger partial charge on any atom is 0.242 e. The molecule has 1 atom stereocenters. The summed E-state index contributed by atoms with van der Waals surface area (Å²) in [6, 6.07) is 2.26. The molecule has 22 heavy (non-hydrogen) atoms. The second kappa shape index (κ2) is 6.50. The van der Waals surface area contributed by atoms with Gasteiger partial charge in [0.1, 0.15) is 0 Å². The third-order valence-corrected chi connectivity index (χ3v) is 4.78. The van der Waals surface area contributed by atoms with Crippen molar-refractivity contribution < 1.29 is 9.59 Å². The molecule has 1 aromatic heterocycles. The minimum atomic E-state index is -0.161. The van der Waals surface area contributed by atoms with Crippen molar-refractivity contribution in [3.63, 3.8) is 0 Å². The Labute approximate surface area is 131 Å². The van der Waals surface area contributed by atoms with E-state index in [-0.39, 0.29) is 24.3 Å². The van der Waals surface area contributed by atoms with Crippen LogP contribution in [-0.4, -0.2) is 57.1 Å². The number of rotatable bonds is 4. The molecule has 1 saturated heterocycles. The molecule has 6 nitrogen and oxygen atoms in total. The number of carbonyl (C=O) groups is 2. The number of hydrogen-bond acceptors (Lipinski definition) is 3. The Bertz CT molecular complexity index is 522. The van der Waals surface area contributed by atoms with E-state index in [4.69, 9.17) is 0 Å². The highest BCUT2D eigenvalue weighted by molar-refractivity contribution is 5.87. The molecular formula is C16H24N4O2. The summed E-state index contributed by atoms with van der Waals surface area (Å²) in [5.74, 6) is -0.00144. The van der Waals surface area contributed by atoms with Gasteiger partial charge in [-0.25, -0.2) is 0 Å². The Morgan fingerprint density at radius 3 is 2.77 bits per heavy atom. The molecule has 2 heterocycles. The predicted molar refractivity (Wildman–Crippen MR) is 81.9 cm³/mol. The number of aromatic nitrogens is 2. The van der Waals surface area contributed by atoms with Crippen LogP contribution >= 0.6 is 0 Å². The molecular weight excluding hydrogens is 280 g/mol. The van der Waals surface area contributed by atoms with E-state index in [0.717, 1.165) is 12.8 Å². The normalized spacial score (nSPS) is 21.4. The Morgan fingerprint density at radius 2 is 2.14 bits per heavy atom. The van der Waals surface area contributed by atoms with Gasteiger partial charge in [0.25, 0.3) is 0 Å². The molecule has 0 aromatic carbocycles. The van der Waals surface area contributed by atoms with Crippen LogP contribution in [0, 0.1) is 5.92 Å². The van der Waals surface area contributed by atoms with Gasteiger partial charge in [-0.15, -0.1) is 0 Å². The maximum absolute atomic E-state index is 12.5. The van der Waals surface area contributed by atoms with Gasteiger partial charge < -0.3 is 9.80 Å². The van der Waals surface area contributed by atoms with Crippen molar-refractivity contribution in [2.24, 2.45) is 5.92 Å². The number of nitrogens with zero attached hydrogens (tertiary/aromatic N) is 4. The van der Waals surface area contributed by atoms with Gasteiger partial charge in [0.2, 0.25) is 11.8 Å². The van der Waals surface area contributed by atoms with Crippen molar-refractivity contribution in [3.05, 3.63) is 18.5 Å². The van der Waals surface area contributed by atoms with Crippen LogP contribution in [0.2, 0.25) is 0 Å². The van der Waals surface area contributed by atoms with Gasteiger partial charge in [-0.1, -0.05) is 19.8 Å². The molecule has 1 aromatic rings. The fourth-order valence-corrected chi connectivity index (χ4v) is 3.56. The van der Waals surface area contributed by atoms with Crippen molar-refractivity contribution in [2.45, 2.75) is 45.2 Å². The molecule has 3 rings (SSSR count). The van der Waals surface area contributed by atoms with Crippen molar-refractivity contribution in [1.82, 2.24) is 19.6 Å². The third kappa shape index (κ3) is 3.15. The topological polar surface area (TPSA) is 58.4 Å². The number of amides is 2. The molecule has 0 N–H and O–H groups in total. The van der Waals surface area contributed by atoms with Gasteiger partial charge in [-0.3, -0.25) is 14.3 Å². The minimum absolute atomic E-state index is 0.0509. The molecule has 6 heteroatoms. The fourth-order valence-electron chi connectivity index (χ4n) is 3.56. The van der Waals surface area contributed by atoms with Crippen LogP contribution < -0.4 is 0 Å². The second-order valence-corrected chi connectivity index (χ2v) is 6.41. The summed E-state index contributed by atoms with van der Waals surface area (Å²) in [5, 5.41) is 4.13. The van der Waals surface area contributed by atoms with Gasteiger partial charge in [0.05, 0.1) is 19.0 Å². The average Bonchev–Trinajstić information content (AvgIpc) is 3.19. The fraction of sp³-hybridized carbons (Fsp3) is 0.688. The van der Waals surface area contributed by atoms with Crippen LogP contribution in [0.4, 0.5) is 0 Å². The summed E-state index contributed by atoms with van der Waals surface area (Å²) in [4.78, 5) is 28.6.